The number of hydrogen-bond donors (Lipinski definition) is 0. The number of rotatable bonds is 3. The van der Waals surface area contributed by atoms with Crippen molar-refractivity contribution in [3.63, 3.8) is 0 Å². The van der Waals surface area contributed by atoms with Gasteiger partial charge < -0.3 is 4.74 Å². The van der Waals surface area contributed by atoms with E-state index in [9.17, 15) is 26.3 Å². The molecule has 118 valence electrons. The molecule has 0 aliphatic heterocycles. The number of alkyl halides is 2. The third-order valence-electron chi connectivity index (χ3n) is 3.40. The molecule has 0 radical (unpaired) electrons. The minimum atomic E-state index is -2.83. The summed E-state index contributed by atoms with van der Waals surface area (Å²) >= 11 is 0. The van der Waals surface area contributed by atoms with Crippen LogP contribution in [0.3, 0.4) is 0 Å². The lowest BCUT2D eigenvalue weighted by Crippen LogP contribution is -2.36. The molecule has 0 fully saturated rings. The maximum atomic E-state index is 13.9. The molecule has 0 spiro atoms. The van der Waals surface area contributed by atoms with Crippen molar-refractivity contribution in [3.8, 4) is 5.75 Å². The van der Waals surface area contributed by atoms with Gasteiger partial charge in [-0.1, -0.05) is 0 Å². The lowest BCUT2D eigenvalue weighted by Gasteiger charge is -2.26. The van der Waals surface area contributed by atoms with E-state index in [0.717, 1.165) is 13.2 Å². The van der Waals surface area contributed by atoms with Gasteiger partial charge in [0.25, 0.3) is 0 Å². The third-order valence-corrected chi connectivity index (χ3v) is 3.40. The molecule has 1 aromatic carbocycles. The van der Waals surface area contributed by atoms with E-state index in [1.165, 1.54) is 0 Å². The van der Waals surface area contributed by atoms with Crippen LogP contribution in [0.4, 0.5) is 26.3 Å². The Balaban J connectivity index is 2.48. The average Bonchev–Trinajstić information content (AvgIpc) is 2.42. The maximum Gasteiger partial charge on any atom is 0.208 e. The molecule has 1 nitrogen and oxygen atoms in total. The van der Waals surface area contributed by atoms with Crippen molar-refractivity contribution in [3.05, 3.63) is 47.0 Å². The van der Waals surface area contributed by atoms with Gasteiger partial charge in [0, 0.05) is 12.1 Å². The Kier molecular flexibility index (Phi) is 4.31. The van der Waals surface area contributed by atoms with Crippen LogP contribution in [-0.2, 0) is 0 Å². The van der Waals surface area contributed by atoms with E-state index in [1.807, 2.05) is 0 Å². The first-order valence-corrected chi connectivity index (χ1v) is 6.29. The van der Waals surface area contributed by atoms with Crippen LogP contribution in [0.5, 0.6) is 5.75 Å². The van der Waals surface area contributed by atoms with E-state index in [2.05, 4.69) is 0 Å². The first kappa shape index (κ1) is 16.5. The van der Waals surface area contributed by atoms with Crippen LogP contribution in [0.25, 0.3) is 0 Å². The van der Waals surface area contributed by atoms with E-state index in [4.69, 9.17) is 4.74 Å². The summed E-state index contributed by atoms with van der Waals surface area (Å²) in [5.74, 6) is -5.31. The van der Waals surface area contributed by atoms with Gasteiger partial charge in [-0.25, -0.2) is 26.3 Å². The van der Waals surface area contributed by atoms with E-state index >= 15 is 0 Å². The zero-order valence-corrected chi connectivity index (χ0v) is 11.7. The molecule has 0 amide bonds. The Morgan fingerprint density at radius 3 is 2.41 bits per heavy atom. The molecule has 1 aliphatic carbocycles. The summed E-state index contributed by atoms with van der Waals surface area (Å²) < 4.78 is 86.6. The van der Waals surface area contributed by atoms with Crippen molar-refractivity contribution in [1.82, 2.24) is 0 Å². The van der Waals surface area contributed by atoms with E-state index in [0.29, 0.717) is 19.1 Å². The minimum Gasteiger partial charge on any atom is -0.497 e. The fraction of sp³-hybridized carbons (Fsp3) is 0.286. The van der Waals surface area contributed by atoms with Gasteiger partial charge >= 0.3 is 0 Å². The first-order chi connectivity index (χ1) is 10.2. The predicted molar refractivity (Wildman–Crippen MR) is 71.4 cm³/mol. The number of methoxy groups -OCH3 is 1. The second kappa shape index (κ2) is 5.74. The highest BCUT2D eigenvalue weighted by atomic mass is 19.2. The fourth-order valence-electron chi connectivity index (χ4n) is 2.20. The average molecular weight is 320 g/mol. The van der Waals surface area contributed by atoms with Crippen molar-refractivity contribution in [2.24, 2.45) is 0 Å². The molecule has 8 heteroatoms. The molecular formula is C14H11BF6O. The van der Waals surface area contributed by atoms with Crippen LogP contribution in [-0.4, -0.2) is 26.2 Å². The van der Waals surface area contributed by atoms with Crippen LogP contribution in [0.15, 0.2) is 35.3 Å². The molecule has 0 aromatic heterocycles. The molecule has 2 atom stereocenters. The first-order valence-electron chi connectivity index (χ1n) is 6.29. The fourth-order valence-corrected chi connectivity index (χ4v) is 2.20. The molecule has 0 N–H and O–H groups in total. The van der Waals surface area contributed by atoms with Gasteiger partial charge in [0.15, 0.2) is 11.8 Å². The van der Waals surface area contributed by atoms with Gasteiger partial charge in [-0.15, -0.1) is 0 Å². The second-order valence-electron chi connectivity index (χ2n) is 5.08. The monoisotopic (exact) mass is 320 g/mol. The van der Waals surface area contributed by atoms with Crippen molar-refractivity contribution < 1.29 is 31.1 Å². The summed E-state index contributed by atoms with van der Waals surface area (Å²) in [5.41, 5.74) is -4.01. The Morgan fingerprint density at radius 1 is 1.18 bits per heavy atom. The molecular weight excluding hydrogens is 309 g/mol. The van der Waals surface area contributed by atoms with E-state index < -0.39 is 47.9 Å². The molecule has 0 heterocycles. The minimum absolute atomic E-state index is 0.283. The van der Waals surface area contributed by atoms with Gasteiger partial charge in [-0.05, 0) is 23.9 Å². The molecule has 0 bridgehead atoms. The highest BCUT2D eigenvalue weighted by Gasteiger charge is 2.43. The number of allylic oxidation sites excluding steroid dienone is 4. The normalized spacial score (nSPS) is 25.1. The smallest absolute Gasteiger partial charge is 0.208 e. The van der Waals surface area contributed by atoms with Gasteiger partial charge in [0.2, 0.25) is 7.28 Å². The zero-order chi connectivity index (χ0) is 16.7. The second-order valence-corrected chi connectivity index (χ2v) is 5.08. The van der Waals surface area contributed by atoms with Crippen molar-refractivity contribution in [2.75, 3.05) is 7.11 Å². The summed E-state index contributed by atoms with van der Waals surface area (Å²) in [4.78, 5) is 0. The third kappa shape index (κ3) is 2.87. The highest BCUT2D eigenvalue weighted by Crippen LogP contribution is 2.37. The Bertz CT molecular complexity index is 668. The van der Waals surface area contributed by atoms with Crippen LogP contribution >= 0.6 is 0 Å². The number of ether oxygens (including phenoxy) is 1. The van der Waals surface area contributed by atoms with Crippen molar-refractivity contribution in [1.29, 1.82) is 0 Å². The Labute approximate surface area is 123 Å². The van der Waals surface area contributed by atoms with E-state index in [-0.39, 0.29) is 11.2 Å². The molecule has 0 saturated carbocycles. The van der Waals surface area contributed by atoms with Gasteiger partial charge in [-0.2, -0.15) is 0 Å². The van der Waals surface area contributed by atoms with Crippen LogP contribution in [0, 0.1) is 11.6 Å². The molecule has 1 aliphatic rings. The van der Waals surface area contributed by atoms with Crippen LogP contribution in [0.1, 0.15) is 6.92 Å². The van der Waals surface area contributed by atoms with Gasteiger partial charge in [0.05, 0.1) is 7.11 Å². The molecule has 2 rings (SSSR count). The maximum absolute atomic E-state index is 13.9. The molecule has 2 unspecified atom stereocenters. The van der Waals surface area contributed by atoms with Crippen molar-refractivity contribution in [2.45, 2.75) is 18.8 Å². The van der Waals surface area contributed by atoms with Gasteiger partial charge in [-0.3, -0.25) is 0 Å². The topological polar surface area (TPSA) is 9.23 Å². The quantitative estimate of drug-likeness (QED) is 0.614. The molecule has 0 saturated heterocycles. The number of hydrogen-bond acceptors (Lipinski definition) is 1. The summed E-state index contributed by atoms with van der Waals surface area (Å²) in [7, 11) is 0.381. The lowest BCUT2D eigenvalue weighted by atomic mass is 9.60. The summed E-state index contributed by atoms with van der Waals surface area (Å²) in [6, 6.07) is 1.33. The summed E-state index contributed by atoms with van der Waals surface area (Å²) in [6.45, 7) is 0.687. The van der Waals surface area contributed by atoms with Crippen LogP contribution in [0.2, 0.25) is 0 Å². The SMILES string of the molecule is COc1cc(F)cc(F)c1BC1=C(F)C(F)C(C)(F)C=C1F. The van der Waals surface area contributed by atoms with E-state index in [1.54, 1.807) is 0 Å². The zero-order valence-electron chi connectivity index (χ0n) is 11.7. The highest BCUT2D eigenvalue weighted by molar-refractivity contribution is 6.63. The standard InChI is InChI=1S/C14H11BF6O/c1-14(21)5-8(18)11(12(19)13(14)20)15-10-7(17)3-6(16)4-9(10)22-2/h3-5,13,15H,1-2H3. The molecule has 1 aromatic rings. The summed E-state index contributed by atoms with van der Waals surface area (Å²) in [6.07, 6.45) is -2.40. The number of benzene rings is 1. The number of halogens is 6. The van der Waals surface area contributed by atoms with Gasteiger partial charge in [0.1, 0.15) is 29.0 Å². The Morgan fingerprint density at radius 2 is 1.82 bits per heavy atom. The molecule has 22 heavy (non-hydrogen) atoms. The van der Waals surface area contributed by atoms with Crippen LogP contribution < -0.4 is 10.2 Å². The lowest BCUT2D eigenvalue weighted by molar-refractivity contribution is 0.114. The summed E-state index contributed by atoms with van der Waals surface area (Å²) in [5, 5.41) is 0. The predicted octanol–water partition coefficient (Wildman–Crippen LogP) is 3.15. The van der Waals surface area contributed by atoms with Crippen molar-refractivity contribution >= 4 is 12.7 Å². The largest absolute Gasteiger partial charge is 0.497 e. The Hall–Kier alpha value is -1.86.